The molecule has 0 spiro atoms. The Bertz CT molecular complexity index is 266. The van der Waals surface area contributed by atoms with E-state index in [-0.39, 0.29) is 5.91 Å². The van der Waals surface area contributed by atoms with E-state index in [1.165, 1.54) is 12.8 Å². The third-order valence-electron chi connectivity index (χ3n) is 4.36. The van der Waals surface area contributed by atoms with E-state index in [2.05, 4.69) is 37.9 Å². The normalized spacial score (nSPS) is 14.8. The zero-order valence-electron chi connectivity index (χ0n) is 14.2. The molecule has 4 heteroatoms. The first-order chi connectivity index (χ1) is 9.43. The standard InChI is InChI=1S/C16H35N3O/c1-6-11-18-16(5,15(17)20)10-12-19(9-4)13-14(7-2)8-3/h14,18H,6-13H2,1-5H3,(H2,17,20). The Morgan fingerprint density at radius 1 is 1.25 bits per heavy atom. The van der Waals surface area contributed by atoms with Gasteiger partial charge in [-0.3, -0.25) is 4.79 Å². The summed E-state index contributed by atoms with van der Waals surface area (Å²) in [5, 5.41) is 3.30. The van der Waals surface area contributed by atoms with Crippen LogP contribution >= 0.6 is 0 Å². The molecule has 0 aliphatic carbocycles. The number of nitrogens with one attached hydrogen (secondary N) is 1. The van der Waals surface area contributed by atoms with Crippen molar-refractivity contribution in [3.05, 3.63) is 0 Å². The smallest absolute Gasteiger partial charge is 0.237 e. The minimum atomic E-state index is -0.586. The van der Waals surface area contributed by atoms with Gasteiger partial charge in [0.2, 0.25) is 5.91 Å². The highest BCUT2D eigenvalue weighted by atomic mass is 16.1. The molecule has 0 rings (SSSR count). The Balaban J connectivity index is 4.45. The molecule has 0 aliphatic rings. The lowest BCUT2D eigenvalue weighted by Gasteiger charge is -2.32. The Hall–Kier alpha value is -0.610. The van der Waals surface area contributed by atoms with Crippen molar-refractivity contribution in [2.45, 2.75) is 65.8 Å². The number of carbonyl (C=O) groups is 1. The van der Waals surface area contributed by atoms with Gasteiger partial charge in [-0.2, -0.15) is 0 Å². The van der Waals surface area contributed by atoms with Crippen LogP contribution in [-0.4, -0.2) is 42.5 Å². The zero-order chi connectivity index (χ0) is 15.6. The quantitative estimate of drug-likeness (QED) is 0.579. The first kappa shape index (κ1) is 19.4. The number of rotatable bonds is 12. The average molecular weight is 285 g/mol. The summed E-state index contributed by atoms with van der Waals surface area (Å²) >= 11 is 0. The van der Waals surface area contributed by atoms with Gasteiger partial charge in [-0.1, -0.05) is 40.5 Å². The van der Waals surface area contributed by atoms with Crippen molar-refractivity contribution in [3.8, 4) is 0 Å². The molecule has 0 saturated carbocycles. The van der Waals surface area contributed by atoms with Gasteiger partial charge in [0, 0.05) is 13.1 Å². The molecular weight excluding hydrogens is 250 g/mol. The van der Waals surface area contributed by atoms with Gasteiger partial charge in [-0.25, -0.2) is 0 Å². The molecule has 0 aromatic rings. The minimum absolute atomic E-state index is 0.246. The van der Waals surface area contributed by atoms with Crippen LogP contribution in [0.1, 0.15) is 60.3 Å². The first-order valence-corrected chi connectivity index (χ1v) is 8.20. The van der Waals surface area contributed by atoms with Crippen molar-refractivity contribution in [2.24, 2.45) is 11.7 Å². The molecule has 0 aromatic carbocycles. The monoisotopic (exact) mass is 285 g/mol. The van der Waals surface area contributed by atoms with Crippen molar-refractivity contribution in [1.82, 2.24) is 10.2 Å². The number of nitrogens with two attached hydrogens (primary N) is 1. The van der Waals surface area contributed by atoms with Gasteiger partial charge in [-0.15, -0.1) is 0 Å². The second-order valence-corrected chi connectivity index (χ2v) is 5.95. The Kier molecular flexibility index (Phi) is 9.86. The fourth-order valence-corrected chi connectivity index (χ4v) is 2.37. The lowest BCUT2D eigenvalue weighted by Crippen LogP contribution is -2.55. The Morgan fingerprint density at radius 3 is 2.25 bits per heavy atom. The van der Waals surface area contributed by atoms with Gasteiger partial charge >= 0.3 is 0 Å². The Morgan fingerprint density at radius 2 is 1.85 bits per heavy atom. The molecule has 0 fully saturated rings. The fourth-order valence-electron chi connectivity index (χ4n) is 2.37. The lowest BCUT2D eigenvalue weighted by atomic mass is 9.95. The molecule has 20 heavy (non-hydrogen) atoms. The van der Waals surface area contributed by atoms with E-state index in [0.29, 0.717) is 0 Å². The van der Waals surface area contributed by atoms with Crippen LogP contribution in [0, 0.1) is 5.92 Å². The topological polar surface area (TPSA) is 58.4 Å². The van der Waals surface area contributed by atoms with Gasteiger partial charge in [-0.05, 0) is 38.8 Å². The van der Waals surface area contributed by atoms with Crippen LogP contribution in [0.5, 0.6) is 0 Å². The van der Waals surface area contributed by atoms with Crippen LogP contribution in [-0.2, 0) is 4.79 Å². The molecule has 0 saturated heterocycles. The highest BCUT2D eigenvalue weighted by Gasteiger charge is 2.30. The van der Waals surface area contributed by atoms with E-state index >= 15 is 0 Å². The largest absolute Gasteiger partial charge is 0.368 e. The van der Waals surface area contributed by atoms with Crippen LogP contribution in [0.15, 0.2) is 0 Å². The lowest BCUT2D eigenvalue weighted by molar-refractivity contribution is -0.124. The van der Waals surface area contributed by atoms with Crippen molar-refractivity contribution < 1.29 is 4.79 Å². The van der Waals surface area contributed by atoms with Crippen molar-refractivity contribution >= 4 is 5.91 Å². The molecule has 0 radical (unpaired) electrons. The third-order valence-corrected chi connectivity index (χ3v) is 4.36. The average Bonchev–Trinajstić information content (AvgIpc) is 2.45. The van der Waals surface area contributed by atoms with Gasteiger partial charge in [0.05, 0.1) is 5.54 Å². The van der Waals surface area contributed by atoms with Crippen LogP contribution in [0.4, 0.5) is 0 Å². The molecule has 3 N–H and O–H groups in total. The summed E-state index contributed by atoms with van der Waals surface area (Å²) in [6, 6.07) is 0. The predicted octanol–water partition coefficient (Wildman–Crippen LogP) is 2.38. The Labute approximate surface area is 125 Å². The molecule has 1 amide bonds. The molecule has 4 nitrogen and oxygen atoms in total. The SMILES string of the molecule is CCCNC(C)(CCN(CC)CC(CC)CC)C(N)=O. The minimum Gasteiger partial charge on any atom is -0.368 e. The van der Waals surface area contributed by atoms with Crippen LogP contribution < -0.4 is 11.1 Å². The van der Waals surface area contributed by atoms with E-state index < -0.39 is 5.54 Å². The summed E-state index contributed by atoms with van der Waals surface area (Å²) in [4.78, 5) is 14.1. The number of nitrogens with zero attached hydrogens (tertiary/aromatic N) is 1. The van der Waals surface area contributed by atoms with Gasteiger partial charge in [0.15, 0.2) is 0 Å². The van der Waals surface area contributed by atoms with Gasteiger partial charge in [0.25, 0.3) is 0 Å². The molecule has 0 bridgehead atoms. The molecule has 0 aliphatic heterocycles. The molecule has 0 aromatic heterocycles. The maximum atomic E-state index is 11.7. The van der Waals surface area contributed by atoms with Crippen molar-refractivity contribution in [3.63, 3.8) is 0 Å². The second-order valence-electron chi connectivity index (χ2n) is 5.95. The predicted molar refractivity (Wildman–Crippen MR) is 86.7 cm³/mol. The maximum absolute atomic E-state index is 11.7. The summed E-state index contributed by atoms with van der Waals surface area (Å²) in [5.74, 6) is 0.503. The molecule has 120 valence electrons. The van der Waals surface area contributed by atoms with Crippen LogP contribution in [0.25, 0.3) is 0 Å². The van der Waals surface area contributed by atoms with Crippen LogP contribution in [0.2, 0.25) is 0 Å². The van der Waals surface area contributed by atoms with Crippen LogP contribution in [0.3, 0.4) is 0 Å². The number of amides is 1. The first-order valence-electron chi connectivity index (χ1n) is 8.20. The highest BCUT2D eigenvalue weighted by Crippen LogP contribution is 2.14. The summed E-state index contributed by atoms with van der Waals surface area (Å²) < 4.78 is 0. The summed E-state index contributed by atoms with van der Waals surface area (Å²) in [7, 11) is 0. The zero-order valence-corrected chi connectivity index (χ0v) is 14.2. The van der Waals surface area contributed by atoms with Crippen molar-refractivity contribution in [1.29, 1.82) is 0 Å². The van der Waals surface area contributed by atoms with E-state index in [4.69, 9.17) is 5.73 Å². The fraction of sp³-hybridized carbons (Fsp3) is 0.938. The number of hydrogen-bond acceptors (Lipinski definition) is 3. The number of primary amides is 1. The maximum Gasteiger partial charge on any atom is 0.237 e. The molecule has 0 heterocycles. The summed E-state index contributed by atoms with van der Waals surface area (Å²) in [5.41, 5.74) is 4.99. The van der Waals surface area contributed by atoms with E-state index in [1.54, 1.807) is 0 Å². The van der Waals surface area contributed by atoms with Gasteiger partial charge in [0.1, 0.15) is 0 Å². The molecule has 1 atom stereocenters. The second kappa shape index (κ2) is 10.2. The third kappa shape index (κ3) is 6.71. The van der Waals surface area contributed by atoms with Gasteiger partial charge < -0.3 is 16.0 Å². The van der Waals surface area contributed by atoms with E-state index in [0.717, 1.165) is 44.9 Å². The highest BCUT2D eigenvalue weighted by molar-refractivity contribution is 5.84. The van der Waals surface area contributed by atoms with E-state index in [9.17, 15) is 4.79 Å². The molecular formula is C16H35N3O. The summed E-state index contributed by atoms with van der Waals surface area (Å²) in [6.07, 6.45) is 4.22. The molecule has 1 unspecified atom stereocenters. The number of carbonyl (C=O) groups excluding carboxylic acids is 1. The number of hydrogen-bond donors (Lipinski definition) is 2. The van der Waals surface area contributed by atoms with E-state index in [1.807, 2.05) is 6.92 Å². The summed E-state index contributed by atoms with van der Waals surface area (Å²) in [6.45, 7) is 14.6. The van der Waals surface area contributed by atoms with Crippen molar-refractivity contribution in [2.75, 3.05) is 26.2 Å².